The minimum atomic E-state index is -1.18. The number of hydrogen-bond acceptors (Lipinski definition) is 3. The van der Waals surface area contributed by atoms with Gasteiger partial charge in [0, 0.05) is 0 Å². The smallest absolute Gasteiger partial charge is 0.369 e. The van der Waals surface area contributed by atoms with E-state index in [9.17, 15) is 9.59 Å². The molecule has 0 amide bonds. The van der Waals surface area contributed by atoms with E-state index in [0.717, 1.165) is 6.26 Å². The van der Waals surface area contributed by atoms with E-state index in [2.05, 4.69) is 17.4 Å². The van der Waals surface area contributed by atoms with Crippen LogP contribution in [-0.4, -0.2) is 16.4 Å². The maximum atomic E-state index is 9.82. The molecule has 0 fully saturated rings. The molecule has 5 heteroatoms. The summed E-state index contributed by atoms with van der Waals surface area (Å²) in [5, 5.41) is 7.08. The van der Waals surface area contributed by atoms with E-state index in [4.69, 9.17) is 5.11 Å². The molecule has 9 heavy (non-hydrogen) atoms. The maximum absolute atomic E-state index is 9.82. The van der Waals surface area contributed by atoms with Crippen molar-refractivity contribution < 1.29 is 19.4 Å². The number of carbonyl (C=O) groups is 2. The lowest BCUT2D eigenvalue weighted by Crippen LogP contribution is -1.89. The molecule has 0 heterocycles. The van der Waals surface area contributed by atoms with E-state index < -0.39 is 11.3 Å². The summed E-state index contributed by atoms with van der Waals surface area (Å²) in [6.45, 7) is 0. The lowest BCUT2D eigenvalue weighted by atomic mass is 10.6. The number of hydrogen-bond donors (Lipinski definition) is 2. The number of carboxylic acid groups (broad SMARTS) is 1. The summed E-state index contributed by atoms with van der Waals surface area (Å²) in [5.41, 5.74) is 0. The van der Waals surface area contributed by atoms with Crippen molar-refractivity contribution in [2.45, 2.75) is 0 Å². The van der Waals surface area contributed by atoms with E-state index in [1.165, 1.54) is 0 Å². The molecule has 0 bridgehead atoms. The number of thiol groups is 1. The number of ether oxygens (including phenoxy) is 1. The summed E-state index contributed by atoms with van der Waals surface area (Å²) >= 11 is 3.20. The second-order valence-electron chi connectivity index (χ2n) is 1.02. The van der Waals surface area contributed by atoms with Crippen molar-refractivity contribution in [1.29, 1.82) is 0 Å². The zero-order valence-corrected chi connectivity index (χ0v) is 5.17. The van der Waals surface area contributed by atoms with Gasteiger partial charge < -0.3 is 9.84 Å². The van der Waals surface area contributed by atoms with Gasteiger partial charge >= 0.3 is 11.3 Å². The first-order valence-electron chi connectivity index (χ1n) is 1.92. The molecule has 0 atom stereocenters. The van der Waals surface area contributed by atoms with Gasteiger partial charge in [-0.25, -0.2) is 9.59 Å². The number of aliphatic carboxylic acids is 1. The zero-order valence-electron chi connectivity index (χ0n) is 4.27. The molecule has 0 saturated heterocycles. The quantitative estimate of drug-likeness (QED) is 0.261. The molecule has 0 radical (unpaired) electrons. The Morgan fingerprint density at radius 3 is 2.44 bits per heavy atom. The fourth-order valence-corrected chi connectivity index (χ4v) is 0.211. The van der Waals surface area contributed by atoms with Gasteiger partial charge in [0.2, 0.25) is 0 Å². The van der Waals surface area contributed by atoms with Crippen molar-refractivity contribution in [3.05, 3.63) is 12.3 Å². The summed E-state index contributed by atoms with van der Waals surface area (Å²) in [4.78, 5) is 19.5. The van der Waals surface area contributed by atoms with Gasteiger partial charge in [-0.1, -0.05) is 12.6 Å². The minimum Gasteiger partial charge on any atom is -0.478 e. The van der Waals surface area contributed by atoms with Crippen LogP contribution >= 0.6 is 12.6 Å². The molecular formula is C4H4O4S. The highest BCUT2D eigenvalue weighted by atomic mass is 32.1. The Kier molecular flexibility index (Phi) is 3.54. The molecule has 0 aliphatic heterocycles. The van der Waals surface area contributed by atoms with Crippen molar-refractivity contribution in [3.63, 3.8) is 0 Å². The van der Waals surface area contributed by atoms with Gasteiger partial charge in [-0.3, -0.25) is 0 Å². The fraction of sp³-hybridized carbons (Fsp3) is 0. The zero-order chi connectivity index (χ0) is 7.28. The predicted octanol–water partition coefficient (Wildman–Crippen LogP) is 0.651. The van der Waals surface area contributed by atoms with Crippen molar-refractivity contribution in [2.75, 3.05) is 0 Å². The van der Waals surface area contributed by atoms with Gasteiger partial charge in [-0.2, -0.15) is 0 Å². The molecule has 1 N–H and O–H groups in total. The van der Waals surface area contributed by atoms with Crippen LogP contribution in [0.4, 0.5) is 4.79 Å². The number of carboxylic acids is 1. The summed E-state index contributed by atoms with van der Waals surface area (Å²) in [7, 11) is 0. The first-order chi connectivity index (χ1) is 4.13. The second kappa shape index (κ2) is 3.96. The third kappa shape index (κ3) is 7.03. The Morgan fingerprint density at radius 1 is 1.56 bits per heavy atom. The molecular weight excluding hydrogens is 144 g/mol. The largest absolute Gasteiger partial charge is 0.478 e. The van der Waals surface area contributed by atoms with Crippen LogP contribution in [-0.2, 0) is 9.53 Å². The second-order valence-corrected chi connectivity index (χ2v) is 1.39. The first kappa shape index (κ1) is 8.03. The molecule has 0 rings (SSSR count). The van der Waals surface area contributed by atoms with Crippen LogP contribution in [0, 0.1) is 0 Å². The van der Waals surface area contributed by atoms with Gasteiger partial charge in [0.25, 0.3) is 0 Å². The van der Waals surface area contributed by atoms with E-state index in [-0.39, 0.29) is 0 Å². The standard InChI is InChI=1S/C4H4O4S/c5-3(6)1-2-8-4(7)9/h1-2H,(H,5,6)(H,7,9). The molecule has 0 unspecified atom stereocenters. The monoisotopic (exact) mass is 148 g/mol. The summed E-state index contributed by atoms with van der Waals surface area (Å²) in [6, 6.07) is 0. The molecule has 0 aromatic carbocycles. The average Bonchev–Trinajstić information content (AvgIpc) is 1.63. The summed E-state index contributed by atoms with van der Waals surface area (Å²) in [5.74, 6) is -1.18. The summed E-state index contributed by atoms with van der Waals surface area (Å²) < 4.78 is 4.02. The molecule has 0 aromatic heterocycles. The Morgan fingerprint density at radius 2 is 2.11 bits per heavy atom. The maximum Gasteiger partial charge on any atom is 0.369 e. The van der Waals surface area contributed by atoms with E-state index in [1.807, 2.05) is 0 Å². The third-order valence-corrected chi connectivity index (χ3v) is 0.485. The highest BCUT2D eigenvalue weighted by Gasteiger charge is 1.88. The van der Waals surface area contributed by atoms with Gasteiger partial charge in [0.1, 0.15) is 6.26 Å². The Labute approximate surface area is 56.5 Å². The number of rotatable bonds is 2. The Balaban J connectivity index is 3.48. The van der Waals surface area contributed by atoms with Gasteiger partial charge in [-0.05, 0) is 0 Å². The van der Waals surface area contributed by atoms with Crippen LogP contribution in [0.2, 0.25) is 0 Å². The van der Waals surface area contributed by atoms with E-state index in [1.54, 1.807) is 0 Å². The lowest BCUT2D eigenvalue weighted by molar-refractivity contribution is -0.131. The topological polar surface area (TPSA) is 63.6 Å². The first-order valence-corrected chi connectivity index (χ1v) is 2.36. The average molecular weight is 148 g/mol. The molecule has 4 nitrogen and oxygen atoms in total. The van der Waals surface area contributed by atoms with Crippen molar-refractivity contribution >= 4 is 23.9 Å². The Bertz CT molecular complexity index is 151. The highest BCUT2D eigenvalue weighted by Crippen LogP contribution is 1.85. The van der Waals surface area contributed by atoms with E-state index >= 15 is 0 Å². The van der Waals surface area contributed by atoms with Crippen LogP contribution in [0.3, 0.4) is 0 Å². The molecule has 0 aromatic rings. The third-order valence-electron chi connectivity index (χ3n) is 0.379. The number of carbonyl (C=O) groups excluding carboxylic acids is 1. The summed E-state index contributed by atoms with van der Waals surface area (Å²) in [6.07, 6.45) is 1.44. The van der Waals surface area contributed by atoms with Crippen LogP contribution in [0.1, 0.15) is 0 Å². The van der Waals surface area contributed by atoms with Gasteiger partial charge in [-0.15, -0.1) is 0 Å². The van der Waals surface area contributed by atoms with Gasteiger partial charge in [0.05, 0.1) is 6.08 Å². The van der Waals surface area contributed by atoms with Crippen LogP contribution in [0.15, 0.2) is 12.3 Å². The normalized spacial score (nSPS) is 9.44. The highest BCUT2D eigenvalue weighted by molar-refractivity contribution is 7.96. The minimum absolute atomic E-state index is 0.689. The van der Waals surface area contributed by atoms with Crippen LogP contribution < -0.4 is 0 Å². The molecule has 0 saturated carbocycles. The van der Waals surface area contributed by atoms with Crippen molar-refractivity contribution in [2.24, 2.45) is 0 Å². The van der Waals surface area contributed by atoms with Crippen molar-refractivity contribution in [1.82, 2.24) is 0 Å². The Hall–Kier alpha value is -0.970. The molecule has 0 aliphatic carbocycles. The van der Waals surface area contributed by atoms with Crippen molar-refractivity contribution in [3.8, 4) is 0 Å². The molecule has 0 aliphatic rings. The lowest BCUT2D eigenvalue weighted by Gasteiger charge is -1.85. The molecule has 50 valence electrons. The van der Waals surface area contributed by atoms with Crippen LogP contribution in [0.5, 0.6) is 0 Å². The van der Waals surface area contributed by atoms with Crippen LogP contribution in [0.25, 0.3) is 0 Å². The predicted molar refractivity (Wildman–Crippen MR) is 32.2 cm³/mol. The fourth-order valence-electron chi connectivity index (χ4n) is 0.150. The SMILES string of the molecule is O=C(O)C=COC(=O)S. The van der Waals surface area contributed by atoms with E-state index in [0.29, 0.717) is 6.08 Å². The molecule has 0 spiro atoms. The van der Waals surface area contributed by atoms with Gasteiger partial charge in [0.15, 0.2) is 0 Å².